The van der Waals surface area contributed by atoms with E-state index in [-0.39, 0.29) is 17.6 Å². The van der Waals surface area contributed by atoms with Gasteiger partial charge in [0.25, 0.3) is 0 Å². The molecule has 2 heterocycles. The van der Waals surface area contributed by atoms with Crippen LogP contribution in [-0.4, -0.2) is 20.2 Å². The molecule has 0 aliphatic rings. The maximum atomic E-state index is 14.0. The summed E-state index contributed by atoms with van der Waals surface area (Å²) in [6.07, 6.45) is 0. The minimum absolute atomic E-state index is 0.111. The lowest BCUT2D eigenvalue weighted by atomic mass is 10.1. The van der Waals surface area contributed by atoms with Gasteiger partial charge in [-0.25, -0.2) is 14.4 Å². The van der Waals surface area contributed by atoms with Crippen LogP contribution in [0.3, 0.4) is 0 Å². The summed E-state index contributed by atoms with van der Waals surface area (Å²) < 4.78 is 15.7. The molecule has 0 spiro atoms. The van der Waals surface area contributed by atoms with Crippen molar-refractivity contribution in [2.75, 3.05) is 5.73 Å². The number of rotatable bonds is 2. The number of hydrogen-bond acceptors (Lipinski definition) is 3. The lowest BCUT2D eigenvalue weighted by molar-refractivity contribution is 0.189. The van der Waals surface area contributed by atoms with Crippen molar-refractivity contribution in [1.82, 2.24) is 14.5 Å². The van der Waals surface area contributed by atoms with E-state index < -0.39 is 5.67 Å². The van der Waals surface area contributed by atoms with Crippen LogP contribution in [-0.2, 0) is 6.54 Å². The van der Waals surface area contributed by atoms with Crippen molar-refractivity contribution in [3.63, 3.8) is 0 Å². The second-order valence-electron chi connectivity index (χ2n) is 5.39. The van der Waals surface area contributed by atoms with E-state index in [1.54, 1.807) is 4.57 Å². The van der Waals surface area contributed by atoms with Crippen LogP contribution in [0.5, 0.6) is 0 Å². The minimum atomic E-state index is -1.40. The number of nitrogen functional groups attached to an aromatic ring is 1. The third-order valence-electron chi connectivity index (χ3n) is 3.10. The highest BCUT2D eigenvalue weighted by molar-refractivity contribution is 6.35. The summed E-state index contributed by atoms with van der Waals surface area (Å²) in [7, 11) is 0. The number of nitrogens with zero attached hydrogens (tertiary/aromatic N) is 3. The number of imidazole rings is 1. The number of fused-ring (bicyclic) bond motifs is 3. The average molecular weight is 293 g/mol. The average Bonchev–Trinajstić information content (AvgIpc) is 2.66. The fourth-order valence-corrected chi connectivity index (χ4v) is 2.58. The van der Waals surface area contributed by atoms with Gasteiger partial charge in [-0.05, 0) is 19.9 Å². The number of aromatic nitrogens is 3. The highest BCUT2D eigenvalue weighted by Crippen LogP contribution is 2.31. The number of nitrogens with two attached hydrogens (primary N) is 1. The normalized spacial score (nSPS) is 12.4. The molecule has 0 saturated carbocycles. The molecule has 20 heavy (non-hydrogen) atoms. The van der Waals surface area contributed by atoms with Crippen molar-refractivity contribution in [2.24, 2.45) is 0 Å². The van der Waals surface area contributed by atoms with Crippen LogP contribution in [0, 0.1) is 0 Å². The van der Waals surface area contributed by atoms with Gasteiger partial charge < -0.3 is 10.3 Å². The molecular formula is C14H14ClFN4. The molecule has 0 bridgehead atoms. The summed E-state index contributed by atoms with van der Waals surface area (Å²) in [5.74, 6) is 0.241. The Bertz CT molecular complexity index is 804. The zero-order valence-electron chi connectivity index (χ0n) is 11.2. The van der Waals surface area contributed by atoms with Gasteiger partial charge in [0.1, 0.15) is 11.2 Å². The van der Waals surface area contributed by atoms with E-state index in [9.17, 15) is 4.39 Å². The van der Waals surface area contributed by atoms with Crippen LogP contribution < -0.4 is 5.73 Å². The summed E-state index contributed by atoms with van der Waals surface area (Å²) in [4.78, 5) is 8.52. The third kappa shape index (κ3) is 2.08. The number of anilines is 1. The van der Waals surface area contributed by atoms with Crippen LogP contribution in [0.25, 0.3) is 21.9 Å². The van der Waals surface area contributed by atoms with Gasteiger partial charge >= 0.3 is 0 Å². The molecule has 0 unspecified atom stereocenters. The second-order valence-corrected chi connectivity index (χ2v) is 5.75. The van der Waals surface area contributed by atoms with E-state index >= 15 is 0 Å². The Morgan fingerprint density at radius 1 is 1.30 bits per heavy atom. The molecule has 2 aromatic heterocycles. The van der Waals surface area contributed by atoms with Gasteiger partial charge in [-0.1, -0.05) is 29.8 Å². The largest absolute Gasteiger partial charge is 0.369 e. The van der Waals surface area contributed by atoms with Crippen LogP contribution >= 0.6 is 11.6 Å². The first-order chi connectivity index (χ1) is 9.37. The molecule has 3 rings (SSSR count). The maximum absolute atomic E-state index is 14.0. The number of pyridine rings is 1. The van der Waals surface area contributed by atoms with Crippen LogP contribution in [0.1, 0.15) is 13.8 Å². The first-order valence-corrected chi connectivity index (χ1v) is 6.63. The predicted octanol–water partition coefficient (Wildman–Crippen LogP) is 3.57. The van der Waals surface area contributed by atoms with Crippen molar-refractivity contribution < 1.29 is 4.39 Å². The van der Waals surface area contributed by atoms with Gasteiger partial charge in [-0.3, -0.25) is 0 Å². The molecule has 0 amide bonds. The number of alkyl halides is 1. The van der Waals surface area contributed by atoms with Crippen molar-refractivity contribution in [2.45, 2.75) is 26.1 Å². The fourth-order valence-electron chi connectivity index (χ4n) is 2.35. The highest BCUT2D eigenvalue weighted by Gasteiger charge is 2.22. The van der Waals surface area contributed by atoms with E-state index in [1.807, 2.05) is 24.3 Å². The summed E-state index contributed by atoms with van der Waals surface area (Å²) in [6, 6.07) is 7.53. The van der Waals surface area contributed by atoms with E-state index in [0.29, 0.717) is 5.52 Å². The topological polar surface area (TPSA) is 56.7 Å². The maximum Gasteiger partial charge on any atom is 0.201 e. The molecule has 0 saturated heterocycles. The first kappa shape index (κ1) is 13.1. The molecule has 6 heteroatoms. The Kier molecular flexibility index (Phi) is 2.83. The third-order valence-corrected chi connectivity index (χ3v) is 3.37. The molecule has 2 N–H and O–H groups in total. The first-order valence-electron chi connectivity index (χ1n) is 6.26. The van der Waals surface area contributed by atoms with Crippen molar-refractivity contribution in [3.05, 3.63) is 29.4 Å². The Morgan fingerprint density at radius 3 is 2.70 bits per heavy atom. The van der Waals surface area contributed by atoms with Gasteiger partial charge in [-0.15, -0.1) is 0 Å². The minimum Gasteiger partial charge on any atom is -0.369 e. The number of hydrogen-bond donors (Lipinski definition) is 1. The van der Waals surface area contributed by atoms with Gasteiger partial charge in [0.05, 0.1) is 17.6 Å². The van der Waals surface area contributed by atoms with E-state index in [2.05, 4.69) is 9.97 Å². The predicted molar refractivity (Wildman–Crippen MR) is 79.6 cm³/mol. The molecule has 0 aliphatic carbocycles. The molecule has 0 atom stereocenters. The van der Waals surface area contributed by atoms with Crippen LogP contribution in [0.15, 0.2) is 24.3 Å². The molecule has 1 aromatic carbocycles. The van der Waals surface area contributed by atoms with Crippen molar-refractivity contribution in [1.29, 1.82) is 0 Å². The summed E-state index contributed by atoms with van der Waals surface area (Å²) in [5.41, 5.74) is 6.49. The zero-order chi connectivity index (χ0) is 14.5. The zero-order valence-corrected chi connectivity index (χ0v) is 11.9. The second kappa shape index (κ2) is 4.31. The Morgan fingerprint density at radius 2 is 2.00 bits per heavy atom. The SMILES string of the molecule is CC(C)(F)Cn1c(N)nc2c(Cl)nc3ccccc3c21. The Hall–Kier alpha value is -1.88. The highest BCUT2D eigenvalue weighted by atomic mass is 35.5. The number of benzene rings is 1. The number of halogens is 2. The Labute approximate surface area is 120 Å². The summed E-state index contributed by atoms with van der Waals surface area (Å²) in [5, 5.41) is 1.14. The molecule has 4 nitrogen and oxygen atoms in total. The fraction of sp³-hybridized carbons (Fsp3) is 0.286. The lowest BCUT2D eigenvalue weighted by Crippen LogP contribution is -2.22. The van der Waals surface area contributed by atoms with Crippen LogP contribution in [0.4, 0.5) is 10.3 Å². The molecule has 0 aliphatic heterocycles. The van der Waals surface area contributed by atoms with Gasteiger partial charge in [0, 0.05) is 5.39 Å². The molecule has 104 valence electrons. The molecule has 0 radical (unpaired) electrons. The van der Waals surface area contributed by atoms with E-state index in [0.717, 1.165) is 16.4 Å². The summed E-state index contributed by atoms with van der Waals surface area (Å²) >= 11 is 6.16. The smallest absolute Gasteiger partial charge is 0.201 e. The monoisotopic (exact) mass is 292 g/mol. The quantitative estimate of drug-likeness (QED) is 0.735. The van der Waals surface area contributed by atoms with Crippen molar-refractivity contribution in [3.8, 4) is 0 Å². The molecule has 0 fully saturated rings. The van der Waals surface area contributed by atoms with E-state index in [4.69, 9.17) is 17.3 Å². The van der Waals surface area contributed by atoms with Gasteiger partial charge in [-0.2, -0.15) is 0 Å². The Balaban J connectivity index is 2.42. The number of para-hydroxylation sites is 1. The van der Waals surface area contributed by atoms with Crippen molar-refractivity contribution >= 4 is 39.5 Å². The standard InChI is InChI=1S/C14H14ClFN4/c1-14(2,16)7-20-11-8-5-3-4-6-9(8)18-12(15)10(11)19-13(20)17/h3-6H,7H2,1-2H3,(H2,17,19). The van der Waals surface area contributed by atoms with Gasteiger partial charge in [0.15, 0.2) is 5.15 Å². The lowest BCUT2D eigenvalue weighted by Gasteiger charge is -2.17. The summed E-state index contributed by atoms with van der Waals surface area (Å²) in [6.45, 7) is 3.12. The van der Waals surface area contributed by atoms with Crippen LogP contribution in [0.2, 0.25) is 5.15 Å². The van der Waals surface area contributed by atoms with E-state index in [1.165, 1.54) is 13.8 Å². The van der Waals surface area contributed by atoms with Gasteiger partial charge in [0.2, 0.25) is 5.95 Å². The molecule has 3 aromatic rings. The molecular weight excluding hydrogens is 279 g/mol.